The van der Waals surface area contributed by atoms with Gasteiger partial charge < -0.3 is 11.5 Å². The maximum atomic E-state index is 5.76. The Balaban J connectivity index is 0.000000980. The molecule has 3 nitrogen and oxygen atoms in total. The molecule has 1 aromatic heterocycles. The van der Waals surface area contributed by atoms with Crippen molar-refractivity contribution in [1.29, 1.82) is 0 Å². The average Bonchev–Trinajstić information content (AvgIpc) is 2.02. The van der Waals surface area contributed by atoms with Crippen molar-refractivity contribution in [3.63, 3.8) is 0 Å². The molecule has 0 fully saturated rings. The topological polar surface area (TPSA) is 64.9 Å². The van der Waals surface area contributed by atoms with Crippen LogP contribution in [0.2, 0.25) is 0 Å². The molecule has 4 heteroatoms. The third-order valence-corrected chi connectivity index (χ3v) is 2.01. The summed E-state index contributed by atoms with van der Waals surface area (Å²) in [6.45, 7) is 1.92. The summed E-state index contributed by atoms with van der Waals surface area (Å²) in [5, 5.41) is 2.00. The number of rotatable bonds is 0. The number of nitrogen functional groups attached to an aromatic ring is 2. The zero-order valence-electron chi connectivity index (χ0n) is 7.82. The number of halogens is 1. The van der Waals surface area contributed by atoms with Crippen LogP contribution in [-0.4, -0.2) is 4.98 Å². The first kappa shape index (κ1) is 10.6. The van der Waals surface area contributed by atoms with Crippen LogP contribution in [-0.2, 0) is 0 Å². The average molecular weight is 210 g/mol. The summed E-state index contributed by atoms with van der Waals surface area (Å²) < 4.78 is 0. The van der Waals surface area contributed by atoms with E-state index in [9.17, 15) is 0 Å². The third kappa shape index (κ3) is 1.72. The quantitative estimate of drug-likeness (QED) is 0.654. The fourth-order valence-electron chi connectivity index (χ4n) is 1.44. The minimum Gasteiger partial charge on any atom is -0.399 e. The summed E-state index contributed by atoms with van der Waals surface area (Å²) in [5.41, 5.74) is 13.1. The number of nitrogens with zero attached hydrogens (tertiary/aromatic N) is 1. The lowest BCUT2D eigenvalue weighted by Gasteiger charge is -2.03. The molecule has 0 radical (unpaired) electrons. The second kappa shape index (κ2) is 3.72. The number of hydrogen-bond acceptors (Lipinski definition) is 3. The van der Waals surface area contributed by atoms with Crippen molar-refractivity contribution in [2.45, 2.75) is 6.92 Å². The predicted molar refractivity (Wildman–Crippen MR) is 62.6 cm³/mol. The molecule has 0 amide bonds. The fraction of sp³-hybridized carbons (Fsp3) is 0.100. The van der Waals surface area contributed by atoms with E-state index in [0.29, 0.717) is 5.82 Å². The van der Waals surface area contributed by atoms with Crippen LogP contribution in [0.15, 0.2) is 24.3 Å². The van der Waals surface area contributed by atoms with Gasteiger partial charge in [-0.3, -0.25) is 0 Å². The number of benzene rings is 1. The van der Waals surface area contributed by atoms with Gasteiger partial charge in [0.05, 0.1) is 0 Å². The highest BCUT2D eigenvalue weighted by atomic mass is 35.5. The van der Waals surface area contributed by atoms with Crippen LogP contribution >= 0.6 is 12.4 Å². The maximum Gasteiger partial charge on any atom is 0.131 e. The molecule has 4 N–H and O–H groups in total. The van der Waals surface area contributed by atoms with Crippen molar-refractivity contribution in [2.75, 3.05) is 11.5 Å². The van der Waals surface area contributed by atoms with E-state index in [1.807, 2.05) is 31.2 Å². The number of nitrogens with two attached hydrogens (primary N) is 2. The number of aromatic nitrogens is 1. The van der Waals surface area contributed by atoms with Crippen LogP contribution in [0.3, 0.4) is 0 Å². The lowest BCUT2D eigenvalue weighted by atomic mass is 10.1. The summed E-state index contributed by atoms with van der Waals surface area (Å²) in [4.78, 5) is 4.17. The van der Waals surface area contributed by atoms with E-state index in [-0.39, 0.29) is 12.4 Å². The van der Waals surface area contributed by atoms with Gasteiger partial charge in [0.25, 0.3) is 0 Å². The Morgan fingerprint density at radius 2 is 1.86 bits per heavy atom. The molecule has 0 saturated carbocycles. The number of fused-ring (bicyclic) bond motifs is 1. The van der Waals surface area contributed by atoms with Gasteiger partial charge in [0.1, 0.15) is 5.82 Å². The number of anilines is 2. The normalized spacial score (nSPS) is 9.79. The Morgan fingerprint density at radius 3 is 2.57 bits per heavy atom. The minimum atomic E-state index is 0. The summed E-state index contributed by atoms with van der Waals surface area (Å²) in [6.07, 6.45) is 0. The summed E-state index contributed by atoms with van der Waals surface area (Å²) >= 11 is 0. The lowest BCUT2D eigenvalue weighted by Crippen LogP contribution is -1.94. The second-order valence-corrected chi connectivity index (χ2v) is 3.13. The Labute approximate surface area is 88.5 Å². The highest BCUT2D eigenvalue weighted by molar-refractivity contribution is 5.93. The molecule has 0 unspecified atom stereocenters. The summed E-state index contributed by atoms with van der Waals surface area (Å²) in [5.74, 6) is 0.565. The monoisotopic (exact) mass is 209 g/mol. The van der Waals surface area contributed by atoms with Gasteiger partial charge in [0.2, 0.25) is 0 Å². The van der Waals surface area contributed by atoms with Crippen molar-refractivity contribution in [2.24, 2.45) is 0 Å². The molecule has 1 heterocycles. The van der Waals surface area contributed by atoms with Gasteiger partial charge in [-0.1, -0.05) is 0 Å². The summed E-state index contributed by atoms with van der Waals surface area (Å²) in [6, 6.07) is 7.60. The molecule has 0 aliphatic carbocycles. The SMILES string of the molecule is Cc1cc2cc(N)ccc2c(N)n1.Cl. The van der Waals surface area contributed by atoms with E-state index in [4.69, 9.17) is 11.5 Å². The van der Waals surface area contributed by atoms with E-state index >= 15 is 0 Å². The Kier molecular flexibility index (Phi) is 2.81. The molecule has 0 bridgehead atoms. The highest BCUT2D eigenvalue weighted by Gasteiger charge is 2.00. The molecular formula is C10H12ClN3. The van der Waals surface area contributed by atoms with Gasteiger partial charge >= 0.3 is 0 Å². The predicted octanol–water partition coefficient (Wildman–Crippen LogP) is 2.13. The molecule has 2 aromatic rings. The molecule has 0 aliphatic rings. The first-order chi connectivity index (χ1) is 6.16. The van der Waals surface area contributed by atoms with Crippen molar-refractivity contribution in [3.8, 4) is 0 Å². The standard InChI is InChI=1S/C10H11N3.ClH/c1-6-4-7-5-8(11)2-3-9(7)10(12)13-6;/h2-5H,11H2,1H3,(H2,12,13);1H. The van der Waals surface area contributed by atoms with Crippen molar-refractivity contribution in [1.82, 2.24) is 4.98 Å². The number of hydrogen-bond donors (Lipinski definition) is 2. The summed E-state index contributed by atoms with van der Waals surface area (Å²) in [7, 11) is 0. The Morgan fingerprint density at radius 1 is 1.14 bits per heavy atom. The number of aryl methyl sites for hydroxylation is 1. The third-order valence-electron chi connectivity index (χ3n) is 2.01. The molecule has 0 saturated heterocycles. The van der Waals surface area contributed by atoms with Gasteiger partial charge in [-0.25, -0.2) is 4.98 Å². The van der Waals surface area contributed by atoms with Crippen LogP contribution in [0.1, 0.15) is 5.69 Å². The molecule has 0 aliphatic heterocycles. The van der Waals surface area contributed by atoms with Gasteiger partial charge in [0, 0.05) is 16.8 Å². The smallest absolute Gasteiger partial charge is 0.131 e. The van der Waals surface area contributed by atoms with Gasteiger partial charge in [-0.2, -0.15) is 0 Å². The maximum absolute atomic E-state index is 5.76. The van der Waals surface area contributed by atoms with Crippen molar-refractivity contribution >= 4 is 34.7 Å². The molecule has 0 spiro atoms. The van der Waals surface area contributed by atoms with E-state index < -0.39 is 0 Å². The van der Waals surface area contributed by atoms with E-state index in [1.54, 1.807) is 0 Å². The van der Waals surface area contributed by atoms with Crippen LogP contribution in [0.5, 0.6) is 0 Å². The van der Waals surface area contributed by atoms with E-state index in [1.165, 1.54) is 0 Å². The molecule has 74 valence electrons. The van der Waals surface area contributed by atoms with Crippen molar-refractivity contribution < 1.29 is 0 Å². The zero-order chi connectivity index (χ0) is 9.42. The highest BCUT2D eigenvalue weighted by Crippen LogP contribution is 2.22. The lowest BCUT2D eigenvalue weighted by molar-refractivity contribution is 1.23. The number of pyridine rings is 1. The Bertz CT molecular complexity index is 463. The molecular weight excluding hydrogens is 198 g/mol. The molecule has 14 heavy (non-hydrogen) atoms. The van der Waals surface area contributed by atoms with Gasteiger partial charge in [-0.05, 0) is 36.6 Å². The largest absolute Gasteiger partial charge is 0.399 e. The zero-order valence-corrected chi connectivity index (χ0v) is 8.64. The van der Waals surface area contributed by atoms with Crippen LogP contribution < -0.4 is 11.5 Å². The van der Waals surface area contributed by atoms with Crippen LogP contribution in [0.25, 0.3) is 10.8 Å². The van der Waals surface area contributed by atoms with E-state index in [2.05, 4.69) is 4.98 Å². The minimum absolute atomic E-state index is 0. The van der Waals surface area contributed by atoms with Crippen LogP contribution in [0, 0.1) is 6.92 Å². The fourth-order valence-corrected chi connectivity index (χ4v) is 1.44. The van der Waals surface area contributed by atoms with Gasteiger partial charge in [-0.15, -0.1) is 12.4 Å². The van der Waals surface area contributed by atoms with Crippen LogP contribution in [0.4, 0.5) is 11.5 Å². The molecule has 0 atom stereocenters. The Hall–Kier alpha value is -1.48. The van der Waals surface area contributed by atoms with Crippen molar-refractivity contribution in [3.05, 3.63) is 30.0 Å². The first-order valence-corrected chi connectivity index (χ1v) is 4.09. The molecule has 2 rings (SSSR count). The van der Waals surface area contributed by atoms with Gasteiger partial charge in [0.15, 0.2) is 0 Å². The van der Waals surface area contributed by atoms with E-state index in [0.717, 1.165) is 22.2 Å². The first-order valence-electron chi connectivity index (χ1n) is 4.09. The second-order valence-electron chi connectivity index (χ2n) is 3.13. The molecule has 1 aromatic carbocycles.